The van der Waals surface area contributed by atoms with Crippen molar-refractivity contribution in [1.29, 1.82) is 0 Å². The second-order valence-corrected chi connectivity index (χ2v) is 8.47. The Labute approximate surface area is 202 Å². The maximum absolute atomic E-state index is 13.1. The van der Waals surface area contributed by atoms with Gasteiger partial charge in [0.05, 0.1) is 19.0 Å². The minimum atomic E-state index is -0.331. The highest BCUT2D eigenvalue weighted by atomic mass is 16.5. The molecule has 4 heterocycles. The molecule has 0 spiro atoms. The fourth-order valence-corrected chi connectivity index (χ4v) is 4.13. The summed E-state index contributed by atoms with van der Waals surface area (Å²) >= 11 is 0. The predicted molar refractivity (Wildman–Crippen MR) is 133 cm³/mol. The smallest absolute Gasteiger partial charge is 0.276 e. The van der Waals surface area contributed by atoms with Crippen LogP contribution in [0.4, 0.5) is 23.0 Å². The first-order chi connectivity index (χ1) is 17.1. The van der Waals surface area contributed by atoms with Crippen molar-refractivity contribution in [2.75, 3.05) is 23.1 Å². The molecule has 180 valence electrons. The molecule has 1 amide bonds. The lowest BCUT2D eigenvalue weighted by Gasteiger charge is -2.27. The van der Waals surface area contributed by atoms with Crippen molar-refractivity contribution in [3.05, 3.63) is 60.8 Å². The highest BCUT2D eigenvalue weighted by molar-refractivity contribution is 6.03. The van der Waals surface area contributed by atoms with E-state index in [4.69, 9.17) is 15.6 Å². The molecular weight excluding hydrogens is 446 g/mol. The number of hydrogen-bond donors (Lipinski definition) is 4. The van der Waals surface area contributed by atoms with Crippen LogP contribution in [-0.2, 0) is 0 Å². The Kier molecular flexibility index (Phi) is 6.40. The first-order valence-electron chi connectivity index (χ1n) is 11.5. The quantitative estimate of drug-likeness (QED) is 0.318. The summed E-state index contributed by atoms with van der Waals surface area (Å²) in [5, 5.41) is 14.4. The molecule has 0 bridgehead atoms. The van der Waals surface area contributed by atoms with E-state index in [-0.39, 0.29) is 18.0 Å². The molecule has 4 aromatic rings. The van der Waals surface area contributed by atoms with Gasteiger partial charge in [-0.2, -0.15) is 0 Å². The highest BCUT2D eigenvalue weighted by Gasteiger charge is 2.21. The van der Waals surface area contributed by atoms with E-state index >= 15 is 0 Å². The van der Waals surface area contributed by atoms with Gasteiger partial charge in [0.2, 0.25) is 0 Å². The van der Waals surface area contributed by atoms with Crippen LogP contribution in [0.2, 0.25) is 0 Å². The van der Waals surface area contributed by atoms with Crippen molar-refractivity contribution in [2.24, 2.45) is 5.73 Å². The minimum absolute atomic E-state index is 0.247. The molecule has 1 aliphatic carbocycles. The SMILES string of the molecule is COc1ccnc(Nc2cc(N[C@H]3CC[C@H](N)CC3)nn3c(C(=O)Nc4ccncc4)cnc23)c1. The molecule has 0 saturated heterocycles. The molecule has 11 nitrogen and oxygen atoms in total. The summed E-state index contributed by atoms with van der Waals surface area (Å²) in [5.74, 6) is 1.55. The number of fused-ring (bicyclic) bond motifs is 1. The van der Waals surface area contributed by atoms with Crippen LogP contribution < -0.4 is 26.4 Å². The van der Waals surface area contributed by atoms with E-state index in [1.54, 1.807) is 50.0 Å². The molecule has 11 heteroatoms. The summed E-state index contributed by atoms with van der Waals surface area (Å²) in [6, 6.07) is 9.37. The number of hydrogen-bond acceptors (Lipinski definition) is 9. The molecule has 1 aliphatic rings. The highest BCUT2D eigenvalue weighted by Crippen LogP contribution is 2.27. The van der Waals surface area contributed by atoms with E-state index in [9.17, 15) is 4.79 Å². The van der Waals surface area contributed by atoms with Crippen molar-refractivity contribution in [2.45, 2.75) is 37.8 Å². The first kappa shape index (κ1) is 22.5. The molecule has 1 fully saturated rings. The molecule has 1 saturated carbocycles. The number of imidazole rings is 1. The lowest BCUT2D eigenvalue weighted by atomic mass is 9.92. The van der Waals surface area contributed by atoms with Gasteiger partial charge >= 0.3 is 0 Å². The van der Waals surface area contributed by atoms with Crippen LogP contribution in [0.1, 0.15) is 36.2 Å². The summed E-state index contributed by atoms with van der Waals surface area (Å²) in [4.78, 5) is 25.9. The zero-order chi connectivity index (χ0) is 24.2. The van der Waals surface area contributed by atoms with Gasteiger partial charge in [0.1, 0.15) is 17.4 Å². The molecule has 0 unspecified atom stereocenters. The number of nitrogens with two attached hydrogens (primary N) is 1. The number of anilines is 4. The summed E-state index contributed by atoms with van der Waals surface area (Å²) in [7, 11) is 1.60. The normalized spacial score (nSPS) is 17.7. The number of methoxy groups -OCH3 is 1. The number of pyridine rings is 2. The van der Waals surface area contributed by atoms with Crippen molar-refractivity contribution >= 4 is 34.6 Å². The van der Waals surface area contributed by atoms with Crippen LogP contribution in [0.3, 0.4) is 0 Å². The van der Waals surface area contributed by atoms with Gasteiger partial charge in [0, 0.05) is 48.5 Å². The van der Waals surface area contributed by atoms with Crippen LogP contribution in [0.15, 0.2) is 55.1 Å². The maximum Gasteiger partial charge on any atom is 0.276 e. The van der Waals surface area contributed by atoms with Crippen molar-refractivity contribution in [3.8, 4) is 5.75 Å². The number of carbonyl (C=O) groups excluding carboxylic acids is 1. The van der Waals surface area contributed by atoms with Crippen LogP contribution in [0.5, 0.6) is 5.75 Å². The molecule has 5 N–H and O–H groups in total. The first-order valence-corrected chi connectivity index (χ1v) is 11.5. The van der Waals surface area contributed by atoms with E-state index in [1.165, 1.54) is 10.7 Å². The number of carbonyl (C=O) groups is 1. The molecule has 5 rings (SSSR count). The second kappa shape index (κ2) is 9.94. The van der Waals surface area contributed by atoms with Gasteiger partial charge in [-0.25, -0.2) is 14.5 Å². The van der Waals surface area contributed by atoms with Gasteiger partial charge in [0.15, 0.2) is 11.3 Å². The van der Waals surface area contributed by atoms with Gasteiger partial charge in [-0.1, -0.05) is 0 Å². The van der Waals surface area contributed by atoms with Crippen LogP contribution in [-0.4, -0.2) is 49.7 Å². The third-order valence-electron chi connectivity index (χ3n) is 5.99. The summed E-state index contributed by atoms with van der Waals surface area (Å²) in [5.41, 5.74) is 8.14. The van der Waals surface area contributed by atoms with Gasteiger partial charge in [-0.15, -0.1) is 5.10 Å². The van der Waals surface area contributed by atoms with E-state index in [2.05, 4.69) is 30.9 Å². The lowest BCUT2D eigenvalue weighted by molar-refractivity contribution is 0.102. The molecule has 35 heavy (non-hydrogen) atoms. The molecule has 0 aromatic carbocycles. The third kappa shape index (κ3) is 5.14. The second-order valence-electron chi connectivity index (χ2n) is 8.47. The Morgan fingerprint density at radius 2 is 1.86 bits per heavy atom. The number of rotatable bonds is 7. The fraction of sp³-hybridized carbons (Fsp3) is 0.292. The van der Waals surface area contributed by atoms with E-state index in [1.807, 2.05) is 6.07 Å². The Morgan fingerprint density at radius 3 is 2.63 bits per heavy atom. The Balaban J connectivity index is 1.50. The van der Waals surface area contributed by atoms with Gasteiger partial charge in [0.25, 0.3) is 5.91 Å². The van der Waals surface area contributed by atoms with E-state index in [0.29, 0.717) is 40.1 Å². The number of amides is 1. The number of nitrogens with zero attached hydrogens (tertiary/aromatic N) is 5. The maximum atomic E-state index is 13.1. The van der Waals surface area contributed by atoms with Gasteiger partial charge < -0.3 is 26.4 Å². The molecule has 0 atom stereocenters. The Hall–Kier alpha value is -4.25. The summed E-state index contributed by atoms with van der Waals surface area (Å²) in [6.07, 6.45) is 10.2. The fourth-order valence-electron chi connectivity index (χ4n) is 4.13. The zero-order valence-corrected chi connectivity index (χ0v) is 19.3. The van der Waals surface area contributed by atoms with Crippen LogP contribution >= 0.6 is 0 Å². The van der Waals surface area contributed by atoms with Gasteiger partial charge in [-0.05, 0) is 43.9 Å². The molecule has 0 aliphatic heterocycles. The van der Waals surface area contributed by atoms with E-state index < -0.39 is 0 Å². The van der Waals surface area contributed by atoms with E-state index in [0.717, 1.165) is 25.7 Å². The standard InChI is InChI=1S/C24H27N9O2/c1-35-18-8-11-27-21(12-18)31-19-13-22(29-16-4-2-15(25)3-5-16)32-33-20(14-28-23(19)33)24(34)30-17-6-9-26-10-7-17/h6-16H,2-5,25H2,1H3,(H,27,31)(H,29,32)(H,26,30,34)/t15-,16-. The van der Waals surface area contributed by atoms with Crippen molar-refractivity contribution in [3.63, 3.8) is 0 Å². The largest absolute Gasteiger partial charge is 0.497 e. The van der Waals surface area contributed by atoms with Gasteiger partial charge in [-0.3, -0.25) is 9.78 Å². The Bertz CT molecular complexity index is 1320. The lowest BCUT2D eigenvalue weighted by Crippen LogP contribution is -2.33. The summed E-state index contributed by atoms with van der Waals surface area (Å²) < 4.78 is 6.85. The number of aromatic nitrogens is 5. The minimum Gasteiger partial charge on any atom is -0.497 e. The topological polar surface area (TPSA) is 144 Å². The molecular formula is C24H27N9O2. The summed E-state index contributed by atoms with van der Waals surface area (Å²) in [6.45, 7) is 0. The average Bonchev–Trinajstić information content (AvgIpc) is 3.31. The van der Waals surface area contributed by atoms with Crippen LogP contribution in [0, 0.1) is 0 Å². The van der Waals surface area contributed by atoms with Crippen LogP contribution in [0.25, 0.3) is 5.65 Å². The number of nitrogens with one attached hydrogen (secondary N) is 3. The van der Waals surface area contributed by atoms with Crippen molar-refractivity contribution < 1.29 is 9.53 Å². The monoisotopic (exact) mass is 473 g/mol. The predicted octanol–water partition coefficient (Wildman–Crippen LogP) is 3.21. The molecule has 0 radical (unpaired) electrons. The average molecular weight is 474 g/mol. The Morgan fingerprint density at radius 1 is 1.06 bits per heavy atom. The molecule has 4 aromatic heterocycles. The van der Waals surface area contributed by atoms with Crippen molar-refractivity contribution in [1.82, 2.24) is 24.6 Å². The third-order valence-corrected chi connectivity index (χ3v) is 5.99. The number of ether oxygens (including phenoxy) is 1. The zero-order valence-electron chi connectivity index (χ0n) is 19.3.